The first-order chi connectivity index (χ1) is 10.6. The molecule has 1 saturated carbocycles. The zero-order valence-corrected chi connectivity index (χ0v) is 12.8. The maximum absolute atomic E-state index is 13.2. The van der Waals surface area contributed by atoms with E-state index in [2.05, 4.69) is 4.90 Å². The van der Waals surface area contributed by atoms with Crippen LogP contribution in [0.4, 0.5) is 4.39 Å². The maximum atomic E-state index is 13.2. The quantitative estimate of drug-likeness (QED) is 0.926. The molecule has 122 valence electrons. The predicted octanol–water partition coefficient (Wildman–Crippen LogP) is 2.21. The van der Waals surface area contributed by atoms with Crippen molar-refractivity contribution in [2.45, 2.75) is 37.3 Å². The molecular weight excluding hydrogens is 285 g/mol. The molecule has 1 aliphatic carbocycles. The predicted molar refractivity (Wildman–Crippen MR) is 81.5 cm³/mol. The second-order valence-corrected chi connectivity index (χ2v) is 6.43. The van der Waals surface area contributed by atoms with Gasteiger partial charge in [-0.2, -0.15) is 0 Å². The van der Waals surface area contributed by atoms with E-state index in [1.54, 1.807) is 12.1 Å². The Morgan fingerprint density at radius 1 is 1.36 bits per heavy atom. The van der Waals surface area contributed by atoms with Gasteiger partial charge in [-0.1, -0.05) is 18.9 Å². The molecule has 1 aromatic rings. The van der Waals surface area contributed by atoms with Crippen LogP contribution in [0.2, 0.25) is 0 Å². The Hall–Kier alpha value is -1.17. The van der Waals surface area contributed by atoms with E-state index in [0.29, 0.717) is 24.9 Å². The molecule has 1 saturated heterocycles. The minimum atomic E-state index is -1.05. The van der Waals surface area contributed by atoms with Crippen molar-refractivity contribution in [3.05, 3.63) is 30.1 Å². The standard InChI is InChI=1S/C17H24FNO3/c18-14-4-3-7-16(10-14)22-13-17(20)11-19(8-9-21-12-17)15-5-1-2-6-15/h3-4,7,10,15,20H,1-2,5-6,8-9,11-13H2. The zero-order chi connectivity index (χ0) is 15.4. The van der Waals surface area contributed by atoms with Crippen LogP contribution in [-0.4, -0.2) is 54.6 Å². The number of nitrogens with zero attached hydrogens (tertiary/aromatic N) is 1. The first-order valence-electron chi connectivity index (χ1n) is 8.07. The summed E-state index contributed by atoms with van der Waals surface area (Å²) in [5, 5.41) is 10.8. The molecule has 22 heavy (non-hydrogen) atoms. The van der Waals surface area contributed by atoms with Gasteiger partial charge in [-0.25, -0.2) is 4.39 Å². The van der Waals surface area contributed by atoms with E-state index in [1.807, 2.05) is 0 Å². The SMILES string of the molecule is OC1(COc2cccc(F)c2)COCCN(C2CCCC2)C1. The Kier molecular flexibility index (Phi) is 4.96. The van der Waals surface area contributed by atoms with Gasteiger partial charge in [0.05, 0.1) is 13.2 Å². The monoisotopic (exact) mass is 309 g/mol. The van der Waals surface area contributed by atoms with Crippen molar-refractivity contribution in [1.29, 1.82) is 0 Å². The number of rotatable bonds is 4. The van der Waals surface area contributed by atoms with Crippen molar-refractivity contribution in [2.24, 2.45) is 0 Å². The molecule has 4 nitrogen and oxygen atoms in total. The van der Waals surface area contributed by atoms with Gasteiger partial charge in [0, 0.05) is 25.2 Å². The molecule has 1 N–H and O–H groups in total. The molecule has 1 aliphatic heterocycles. The number of hydrogen-bond donors (Lipinski definition) is 1. The van der Waals surface area contributed by atoms with Crippen LogP contribution < -0.4 is 4.74 Å². The van der Waals surface area contributed by atoms with Crippen LogP contribution in [-0.2, 0) is 4.74 Å². The average molecular weight is 309 g/mol. The third-order valence-electron chi connectivity index (χ3n) is 4.54. The fraction of sp³-hybridized carbons (Fsp3) is 0.647. The first-order valence-corrected chi connectivity index (χ1v) is 8.07. The van der Waals surface area contributed by atoms with Gasteiger partial charge in [-0.15, -0.1) is 0 Å². The normalized spacial score (nSPS) is 27.7. The Morgan fingerprint density at radius 3 is 2.95 bits per heavy atom. The van der Waals surface area contributed by atoms with Crippen molar-refractivity contribution in [3.63, 3.8) is 0 Å². The summed E-state index contributed by atoms with van der Waals surface area (Å²) in [6.45, 7) is 2.41. The largest absolute Gasteiger partial charge is 0.490 e. The smallest absolute Gasteiger partial charge is 0.134 e. The van der Waals surface area contributed by atoms with Gasteiger partial charge in [0.15, 0.2) is 0 Å². The molecule has 0 spiro atoms. The lowest BCUT2D eigenvalue weighted by atomic mass is 10.0. The lowest BCUT2D eigenvalue weighted by Gasteiger charge is -2.33. The van der Waals surface area contributed by atoms with Crippen LogP contribution in [0, 0.1) is 5.82 Å². The molecule has 1 unspecified atom stereocenters. The summed E-state index contributed by atoms with van der Waals surface area (Å²) in [5.41, 5.74) is -1.05. The van der Waals surface area contributed by atoms with Crippen LogP contribution in [0.3, 0.4) is 0 Å². The summed E-state index contributed by atoms with van der Waals surface area (Å²) in [4.78, 5) is 2.33. The van der Waals surface area contributed by atoms with Crippen molar-refractivity contribution in [1.82, 2.24) is 4.90 Å². The van der Waals surface area contributed by atoms with Gasteiger partial charge in [-0.05, 0) is 25.0 Å². The fourth-order valence-corrected chi connectivity index (χ4v) is 3.39. The Balaban J connectivity index is 1.62. The molecular formula is C17H24FNO3. The van der Waals surface area contributed by atoms with Crippen molar-refractivity contribution >= 4 is 0 Å². The van der Waals surface area contributed by atoms with Crippen LogP contribution >= 0.6 is 0 Å². The first kappa shape index (κ1) is 15.7. The summed E-state index contributed by atoms with van der Waals surface area (Å²) < 4.78 is 24.3. The molecule has 1 heterocycles. The van der Waals surface area contributed by atoms with Crippen molar-refractivity contribution < 1.29 is 19.0 Å². The fourth-order valence-electron chi connectivity index (χ4n) is 3.39. The highest BCUT2D eigenvalue weighted by atomic mass is 19.1. The van der Waals surface area contributed by atoms with E-state index in [4.69, 9.17) is 9.47 Å². The highest BCUT2D eigenvalue weighted by molar-refractivity contribution is 5.22. The van der Waals surface area contributed by atoms with Crippen LogP contribution in [0.25, 0.3) is 0 Å². The van der Waals surface area contributed by atoms with E-state index in [-0.39, 0.29) is 19.0 Å². The Labute approximate surface area is 130 Å². The molecule has 3 rings (SSSR count). The number of halogens is 1. The summed E-state index contributed by atoms with van der Waals surface area (Å²) in [7, 11) is 0. The molecule has 2 aliphatic rings. The molecule has 1 atom stereocenters. The van der Waals surface area contributed by atoms with Crippen molar-refractivity contribution in [3.8, 4) is 5.75 Å². The number of β-amino-alcohol motifs (C(OH)–C–C–N with tert-alkyl or cyclic N) is 1. The van der Waals surface area contributed by atoms with Gasteiger partial charge < -0.3 is 14.6 Å². The van der Waals surface area contributed by atoms with Gasteiger partial charge >= 0.3 is 0 Å². The molecule has 0 bridgehead atoms. The topological polar surface area (TPSA) is 41.9 Å². The summed E-state index contributed by atoms with van der Waals surface area (Å²) in [6, 6.07) is 6.54. The molecule has 0 radical (unpaired) electrons. The summed E-state index contributed by atoms with van der Waals surface area (Å²) >= 11 is 0. The average Bonchev–Trinajstić information content (AvgIpc) is 2.96. The second kappa shape index (κ2) is 6.94. The third-order valence-corrected chi connectivity index (χ3v) is 4.54. The molecule has 0 amide bonds. The van der Waals surface area contributed by atoms with Gasteiger partial charge in [-0.3, -0.25) is 4.90 Å². The van der Waals surface area contributed by atoms with Gasteiger partial charge in [0.1, 0.15) is 23.8 Å². The van der Waals surface area contributed by atoms with E-state index in [9.17, 15) is 9.50 Å². The van der Waals surface area contributed by atoms with E-state index < -0.39 is 5.60 Å². The molecule has 1 aromatic carbocycles. The van der Waals surface area contributed by atoms with Crippen LogP contribution in [0.5, 0.6) is 5.75 Å². The summed E-state index contributed by atoms with van der Waals surface area (Å²) in [5.74, 6) is 0.0966. The molecule has 0 aromatic heterocycles. The Morgan fingerprint density at radius 2 is 2.18 bits per heavy atom. The second-order valence-electron chi connectivity index (χ2n) is 6.43. The molecule has 2 fully saturated rings. The van der Waals surface area contributed by atoms with E-state index in [1.165, 1.54) is 37.8 Å². The van der Waals surface area contributed by atoms with Gasteiger partial charge in [0.25, 0.3) is 0 Å². The minimum absolute atomic E-state index is 0.111. The third kappa shape index (κ3) is 3.97. The number of benzene rings is 1. The maximum Gasteiger partial charge on any atom is 0.134 e. The lowest BCUT2D eigenvalue weighted by Crippen LogP contribution is -2.51. The zero-order valence-electron chi connectivity index (χ0n) is 12.8. The van der Waals surface area contributed by atoms with E-state index >= 15 is 0 Å². The van der Waals surface area contributed by atoms with Crippen LogP contribution in [0.1, 0.15) is 25.7 Å². The highest BCUT2D eigenvalue weighted by Gasteiger charge is 2.36. The minimum Gasteiger partial charge on any atom is -0.490 e. The van der Waals surface area contributed by atoms with Crippen LogP contribution in [0.15, 0.2) is 24.3 Å². The van der Waals surface area contributed by atoms with E-state index in [0.717, 1.165) is 6.54 Å². The number of ether oxygens (including phenoxy) is 2. The highest BCUT2D eigenvalue weighted by Crippen LogP contribution is 2.26. The number of hydrogen-bond acceptors (Lipinski definition) is 4. The molecule has 5 heteroatoms. The lowest BCUT2D eigenvalue weighted by molar-refractivity contribution is -0.0669. The summed E-state index contributed by atoms with van der Waals surface area (Å²) in [6.07, 6.45) is 4.92. The van der Waals surface area contributed by atoms with Crippen molar-refractivity contribution in [2.75, 3.05) is 32.9 Å². The van der Waals surface area contributed by atoms with Gasteiger partial charge in [0.2, 0.25) is 0 Å². The number of aliphatic hydroxyl groups is 1. The Bertz CT molecular complexity index is 493.